The molecule has 0 bridgehead atoms. The lowest BCUT2D eigenvalue weighted by molar-refractivity contribution is 1.11. The van der Waals surface area contributed by atoms with E-state index in [-0.39, 0.29) is 0 Å². The van der Waals surface area contributed by atoms with Crippen molar-refractivity contribution in [3.63, 3.8) is 0 Å². The number of rotatable bonds is 0. The fourth-order valence-electron chi connectivity index (χ4n) is 1.94. The molecule has 2 heterocycles. The second-order valence-electron chi connectivity index (χ2n) is 3.35. The van der Waals surface area contributed by atoms with E-state index in [1.54, 1.807) is 0 Å². The van der Waals surface area contributed by atoms with Crippen LogP contribution in [0.15, 0.2) is 30.5 Å². The van der Waals surface area contributed by atoms with Gasteiger partial charge in [-0.25, -0.2) is 0 Å². The van der Waals surface area contributed by atoms with E-state index in [9.17, 15) is 0 Å². The molecule has 1 aromatic carbocycles. The summed E-state index contributed by atoms with van der Waals surface area (Å²) in [4.78, 5) is 4.32. The first kappa shape index (κ1) is 6.89. The van der Waals surface area contributed by atoms with E-state index in [4.69, 9.17) is 0 Å². The smallest absolute Gasteiger partial charge is 0.0722 e. The summed E-state index contributed by atoms with van der Waals surface area (Å²) in [5.41, 5.74) is 3.78. The number of benzene rings is 1. The van der Waals surface area contributed by atoms with E-state index in [0.29, 0.717) is 0 Å². The van der Waals surface area contributed by atoms with Gasteiger partial charge in [0.2, 0.25) is 0 Å². The van der Waals surface area contributed by atoms with Crippen molar-refractivity contribution in [1.29, 1.82) is 0 Å². The van der Waals surface area contributed by atoms with Crippen LogP contribution in [-0.2, 0) is 6.42 Å². The number of hydrogen-bond donors (Lipinski definition) is 1. The predicted molar refractivity (Wildman–Crippen MR) is 53.9 cm³/mol. The van der Waals surface area contributed by atoms with Crippen LogP contribution in [0.4, 0.5) is 5.69 Å². The summed E-state index contributed by atoms with van der Waals surface area (Å²) < 4.78 is 0. The monoisotopic (exact) mass is 170 g/mol. The molecule has 2 aromatic rings. The Kier molecular flexibility index (Phi) is 1.30. The van der Waals surface area contributed by atoms with Gasteiger partial charge in [-0.3, -0.25) is 4.98 Å². The molecule has 0 saturated carbocycles. The third-order valence-corrected chi connectivity index (χ3v) is 2.57. The highest BCUT2D eigenvalue weighted by Gasteiger charge is 2.12. The Bertz CT molecular complexity index is 463. The Morgan fingerprint density at radius 1 is 1.23 bits per heavy atom. The number of pyridine rings is 1. The first-order valence-corrected chi connectivity index (χ1v) is 4.55. The molecular formula is C11H10N2. The molecule has 1 aliphatic rings. The van der Waals surface area contributed by atoms with Gasteiger partial charge in [0.1, 0.15) is 0 Å². The largest absolute Gasteiger partial charge is 0.384 e. The van der Waals surface area contributed by atoms with Gasteiger partial charge in [-0.2, -0.15) is 0 Å². The molecule has 64 valence electrons. The maximum Gasteiger partial charge on any atom is 0.0722 e. The minimum absolute atomic E-state index is 1.06. The van der Waals surface area contributed by atoms with Crippen molar-refractivity contribution in [1.82, 2.24) is 4.98 Å². The average Bonchev–Trinajstić information content (AvgIpc) is 2.65. The highest BCUT2D eigenvalue weighted by Crippen LogP contribution is 2.29. The van der Waals surface area contributed by atoms with Crippen LogP contribution in [0.3, 0.4) is 0 Å². The van der Waals surface area contributed by atoms with Crippen LogP contribution in [0.2, 0.25) is 0 Å². The molecule has 0 amide bonds. The van der Waals surface area contributed by atoms with Crippen molar-refractivity contribution >= 4 is 16.6 Å². The molecule has 2 nitrogen and oxygen atoms in total. The Balaban J connectivity index is 2.43. The second kappa shape index (κ2) is 2.46. The van der Waals surface area contributed by atoms with Crippen LogP contribution >= 0.6 is 0 Å². The molecule has 0 aliphatic carbocycles. The van der Waals surface area contributed by atoms with Gasteiger partial charge < -0.3 is 5.32 Å². The highest BCUT2D eigenvalue weighted by atomic mass is 14.9. The molecule has 13 heavy (non-hydrogen) atoms. The molecule has 0 spiro atoms. The maximum absolute atomic E-state index is 4.32. The Hall–Kier alpha value is -1.57. The number of fused-ring (bicyclic) bond motifs is 3. The lowest BCUT2D eigenvalue weighted by atomic mass is 10.1. The number of anilines is 1. The summed E-state index contributed by atoms with van der Waals surface area (Å²) in [6.07, 6.45) is 2.98. The standard InChI is InChI=1S/C11H10N2/c1-2-9-10(12-6-1)4-3-8-5-7-13-11(8)9/h1-4,6,13H,5,7H2. The van der Waals surface area contributed by atoms with Crippen LogP contribution in [0.1, 0.15) is 5.56 Å². The van der Waals surface area contributed by atoms with Crippen LogP contribution in [-0.4, -0.2) is 11.5 Å². The summed E-state index contributed by atoms with van der Waals surface area (Å²) in [7, 11) is 0. The number of hydrogen-bond acceptors (Lipinski definition) is 2. The fourth-order valence-corrected chi connectivity index (χ4v) is 1.94. The molecular weight excluding hydrogens is 160 g/mol. The average molecular weight is 170 g/mol. The molecule has 0 saturated heterocycles. The first-order valence-electron chi connectivity index (χ1n) is 4.55. The van der Waals surface area contributed by atoms with Gasteiger partial charge in [0.05, 0.1) is 5.52 Å². The molecule has 2 heteroatoms. The normalized spacial score (nSPS) is 14.2. The van der Waals surface area contributed by atoms with Gasteiger partial charge >= 0.3 is 0 Å². The number of nitrogens with one attached hydrogen (secondary N) is 1. The van der Waals surface area contributed by atoms with E-state index >= 15 is 0 Å². The lowest BCUT2D eigenvalue weighted by Gasteiger charge is -2.03. The zero-order chi connectivity index (χ0) is 8.67. The fraction of sp³-hybridized carbons (Fsp3) is 0.182. The summed E-state index contributed by atoms with van der Waals surface area (Å²) in [5, 5.41) is 4.65. The lowest BCUT2D eigenvalue weighted by Crippen LogP contribution is -1.92. The third kappa shape index (κ3) is 0.917. The molecule has 1 N–H and O–H groups in total. The van der Waals surface area contributed by atoms with E-state index in [1.165, 1.54) is 16.6 Å². The van der Waals surface area contributed by atoms with E-state index in [2.05, 4.69) is 28.5 Å². The van der Waals surface area contributed by atoms with Crippen LogP contribution < -0.4 is 5.32 Å². The zero-order valence-electron chi connectivity index (χ0n) is 7.25. The molecule has 0 radical (unpaired) electrons. The van der Waals surface area contributed by atoms with Crippen molar-refractivity contribution in [3.8, 4) is 0 Å². The topological polar surface area (TPSA) is 24.9 Å². The minimum atomic E-state index is 1.06. The van der Waals surface area contributed by atoms with Crippen LogP contribution in [0.5, 0.6) is 0 Å². The van der Waals surface area contributed by atoms with E-state index in [1.807, 2.05) is 12.3 Å². The van der Waals surface area contributed by atoms with Gasteiger partial charge in [-0.15, -0.1) is 0 Å². The number of aromatic nitrogens is 1. The third-order valence-electron chi connectivity index (χ3n) is 2.57. The Morgan fingerprint density at radius 2 is 2.23 bits per heavy atom. The molecule has 3 rings (SSSR count). The molecule has 1 aliphatic heterocycles. The van der Waals surface area contributed by atoms with E-state index < -0.39 is 0 Å². The van der Waals surface area contributed by atoms with Crippen LogP contribution in [0.25, 0.3) is 10.9 Å². The Morgan fingerprint density at radius 3 is 3.23 bits per heavy atom. The highest BCUT2D eigenvalue weighted by molar-refractivity contribution is 5.93. The van der Waals surface area contributed by atoms with Crippen molar-refractivity contribution in [3.05, 3.63) is 36.0 Å². The Labute approximate surface area is 76.6 Å². The van der Waals surface area contributed by atoms with Crippen molar-refractivity contribution < 1.29 is 0 Å². The molecule has 0 unspecified atom stereocenters. The molecule has 0 atom stereocenters. The maximum atomic E-state index is 4.32. The summed E-state index contributed by atoms with van der Waals surface area (Å²) in [6, 6.07) is 8.38. The quantitative estimate of drug-likeness (QED) is 0.655. The summed E-state index contributed by atoms with van der Waals surface area (Å²) in [6.45, 7) is 1.06. The first-order chi connectivity index (χ1) is 6.45. The summed E-state index contributed by atoms with van der Waals surface area (Å²) in [5.74, 6) is 0. The molecule has 0 fully saturated rings. The van der Waals surface area contributed by atoms with Crippen molar-refractivity contribution in [2.45, 2.75) is 6.42 Å². The second-order valence-corrected chi connectivity index (χ2v) is 3.35. The minimum Gasteiger partial charge on any atom is -0.384 e. The van der Waals surface area contributed by atoms with Gasteiger partial charge in [0, 0.05) is 23.8 Å². The van der Waals surface area contributed by atoms with Gasteiger partial charge in [0.25, 0.3) is 0 Å². The van der Waals surface area contributed by atoms with Gasteiger partial charge in [0.15, 0.2) is 0 Å². The SMILES string of the molecule is c1cnc2ccc3c(c2c1)NCC3. The zero-order valence-corrected chi connectivity index (χ0v) is 7.25. The van der Waals surface area contributed by atoms with Crippen molar-refractivity contribution in [2.24, 2.45) is 0 Å². The number of nitrogens with zero attached hydrogens (tertiary/aromatic N) is 1. The van der Waals surface area contributed by atoms with Crippen molar-refractivity contribution in [2.75, 3.05) is 11.9 Å². The van der Waals surface area contributed by atoms with Gasteiger partial charge in [-0.1, -0.05) is 6.07 Å². The van der Waals surface area contributed by atoms with Crippen LogP contribution in [0, 0.1) is 0 Å². The molecule has 1 aromatic heterocycles. The van der Waals surface area contributed by atoms with Gasteiger partial charge in [-0.05, 0) is 30.2 Å². The summed E-state index contributed by atoms with van der Waals surface area (Å²) >= 11 is 0. The predicted octanol–water partition coefficient (Wildman–Crippen LogP) is 2.20. The van der Waals surface area contributed by atoms with E-state index in [0.717, 1.165) is 18.5 Å².